The normalized spacial score (nSPS) is 19.1. The number of nitrogens with one attached hydrogen (secondary N) is 3. The van der Waals surface area contributed by atoms with Crippen LogP contribution >= 0.6 is 11.3 Å². The summed E-state index contributed by atoms with van der Waals surface area (Å²) in [7, 11) is 0. The number of hydrogen-bond donors (Lipinski definition) is 4. The number of carbonyl (C=O) groups excluding carboxylic acids is 2. The van der Waals surface area contributed by atoms with E-state index in [0.717, 1.165) is 17.8 Å². The Labute approximate surface area is 207 Å². The fourth-order valence-electron chi connectivity index (χ4n) is 3.69. The van der Waals surface area contributed by atoms with Crippen molar-refractivity contribution in [2.24, 2.45) is 5.41 Å². The number of carbonyl (C=O) groups is 2. The Bertz CT molecular complexity index is 1330. The topological polar surface area (TPSA) is 136 Å². The highest BCUT2D eigenvalue weighted by Gasteiger charge is 2.28. The molecule has 0 radical (unpaired) electrons. The van der Waals surface area contributed by atoms with Crippen molar-refractivity contribution >= 4 is 46.3 Å². The van der Waals surface area contributed by atoms with E-state index in [-0.39, 0.29) is 28.2 Å². The van der Waals surface area contributed by atoms with Gasteiger partial charge in [-0.2, -0.15) is 5.26 Å². The fraction of sp³-hybridized carbons (Fsp3) is 0.440. The lowest BCUT2D eigenvalue weighted by molar-refractivity contribution is -0.123. The minimum absolute atomic E-state index is 0.115. The number of aliphatic hydroxyl groups is 1. The van der Waals surface area contributed by atoms with Gasteiger partial charge >= 0.3 is 0 Å². The molecule has 4 N–H and O–H groups in total. The number of anilines is 2. The summed E-state index contributed by atoms with van der Waals surface area (Å²) in [5.74, 6) is -0.709. The molecular formula is C25H31N5O4S. The van der Waals surface area contributed by atoms with Gasteiger partial charge in [-0.1, -0.05) is 26.8 Å². The van der Waals surface area contributed by atoms with E-state index in [1.807, 2.05) is 26.8 Å². The van der Waals surface area contributed by atoms with Gasteiger partial charge in [0.25, 0.3) is 11.5 Å². The van der Waals surface area contributed by atoms with Crippen molar-refractivity contribution < 1.29 is 14.7 Å². The Hall–Kier alpha value is -3.42. The summed E-state index contributed by atoms with van der Waals surface area (Å²) >= 11 is 1.05. The van der Waals surface area contributed by atoms with Crippen molar-refractivity contribution in [2.45, 2.75) is 65.6 Å². The zero-order valence-electron chi connectivity index (χ0n) is 20.3. The van der Waals surface area contributed by atoms with Crippen molar-refractivity contribution in [3.8, 4) is 6.07 Å². The Morgan fingerprint density at radius 1 is 1.29 bits per heavy atom. The molecule has 0 bridgehead atoms. The quantitative estimate of drug-likeness (QED) is 0.477. The molecule has 1 heterocycles. The number of benzene rings is 1. The Kier molecular flexibility index (Phi) is 8.14. The third kappa shape index (κ3) is 6.18. The van der Waals surface area contributed by atoms with E-state index in [9.17, 15) is 24.8 Å². The molecule has 186 valence electrons. The molecule has 0 spiro atoms. The highest BCUT2D eigenvalue weighted by atomic mass is 32.1. The smallest absolute Gasteiger partial charge is 0.270 e. The first-order chi connectivity index (χ1) is 16.5. The number of aliphatic hydroxyl groups excluding tert-OH is 1. The molecule has 0 saturated heterocycles. The van der Waals surface area contributed by atoms with Gasteiger partial charge in [0.1, 0.15) is 15.3 Å². The van der Waals surface area contributed by atoms with Gasteiger partial charge in [-0.15, -0.1) is 11.3 Å². The molecule has 2 atom stereocenters. The van der Waals surface area contributed by atoms with Crippen LogP contribution in [0, 0.1) is 16.7 Å². The van der Waals surface area contributed by atoms with Crippen molar-refractivity contribution in [2.75, 3.05) is 10.6 Å². The summed E-state index contributed by atoms with van der Waals surface area (Å²) in [4.78, 5) is 38.0. The van der Waals surface area contributed by atoms with Gasteiger partial charge in [0.2, 0.25) is 5.91 Å². The molecular weight excluding hydrogens is 466 g/mol. The predicted molar refractivity (Wildman–Crippen MR) is 137 cm³/mol. The average molecular weight is 498 g/mol. The Balaban J connectivity index is 1.91. The highest BCUT2D eigenvalue weighted by Crippen LogP contribution is 2.20. The molecule has 1 saturated carbocycles. The molecule has 3 rings (SSSR count). The fourth-order valence-corrected chi connectivity index (χ4v) is 4.78. The van der Waals surface area contributed by atoms with Gasteiger partial charge in [-0.05, 0) is 44.4 Å². The number of nitrogens with zero attached hydrogens (tertiary/aromatic N) is 2. The van der Waals surface area contributed by atoms with Gasteiger partial charge in [0.15, 0.2) is 5.57 Å². The van der Waals surface area contributed by atoms with Crippen molar-refractivity contribution in [1.82, 2.24) is 9.88 Å². The lowest BCUT2D eigenvalue weighted by atomic mass is 9.95. The molecule has 1 aliphatic rings. The summed E-state index contributed by atoms with van der Waals surface area (Å²) < 4.78 is 1.98. The zero-order valence-corrected chi connectivity index (χ0v) is 21.2. The Morgan fingerprint density at radius 3 is 2.60 bits per heavy atom. The van der Waals surface area contributed by atoms with E-state index in [1.165, 1.54) is 10.8 Å². The third-order valence-electron chi connectivity index (χ3n) is 5.74. The Morgan fingerprint density at radius 2 is 2.00 bits per heavy atom. The molecule has 10 heteroatoms. The lowest BCUT2D eigenvalue weighted by Gasteiger charge is -2.18. The van der Waals surface area contributed by atoms with Crippen LogP contribution in [0.3, 0.4) is 0 Å². The van der Waals surface area contributed by atoms with E-state index in [4.69, 9.17) is 0 Å². The van der Waals surface area contributed by atoms with E-state index >= 15 is 0 Å². The second kappa shape index (κ2) is 10.9. The van der Waals surface area contributed by atoms with E-state index in [1.54, 1.807) is 31.2 Å². The maximum atomic E-state index is 13.0. The van der Waals surface area contributed by atoms with E-state index in [2.05, 4.69) is 16.0 Å². The van der Waals surface area contributed by atoms with Crippen LogP contribution in [0.5, 0.6) is 0 Å². The van der Waals surface area contributed by atoms with Crippen LogP contribution in [0.25, 0.3) is 11.8 Å². The zero-order chi connectivity index (χ0) is 25.8. The van der Waals surface area contributed by atoms with Gasteiger partial charge in [-0.25, -0.2) is 0 Å². The first kappa shape index (κ1) is 26.2. The van der Waals surface area contributed by atoms with Crippen LogP contribution in [-0.2, 0) is 16.1 Å². The largest absolute Gasteiger partial charge is 0.391 e. The summed E-state index contributed by atoms with van der Waals surface area (Å²) in [5, 5.41) is 28.4. The molecule has 1 fully saturated rings. The molecule has 1 aromatic carbocycles. The molecule has 1 aliphatic carbocycles. The van der Waals surface area contributed by atoms with Gasteiger partial charge in [0, 0.05) is 29.5 Å². The summed E-state index contributed by atoms with van der Waals surface area (Å²) in [5.41, 5.74) is 0.266. The maximum Gasteiger partial charge on any atom is 0.270 e. The molecule has 0 aliphatic heterocycles. The number of aromatic nitrogens is 1. The van der Waals surface area contributed by atoms with Crippen LogP contribution in [0.4, 0.5) is 11.4 Å². The number of amides is 2. The van der Waals surface area contributed by atoms with Gasteiger partial charge < -0.3 is 21.1 Å². The number of thiazole rings is 1. The highest BCUT2D eigenvalue weighted by molar-refractivity contribution is 7.07. The minimum Gasteiger partial charge on any atom is -0.391 e. The lowest BCUT2D eigenvalue weighted by Crippen LogP contribution is -2.42. The van der Waals surface area contributed by atoms with Crippen LogP contribution in [0.2, 0.25) is 0 Å². The molecule has 2 aromatic rings. The number of hydrogen-bond acceptors (Lipinski definition) is 7. The second-order valence-electron chi connectivity index (χ2n) is 9.46. The second-order valence-corrected chi connectivity index (χ2v) is 10.5. The molecule has 9 nitrogen and oxygen atoms in total. The van der Waals surface area contributed by atoms with Crippen molar-refractivity contribution in [3.05, 3.63) is 43.8 Å². The monoisotopic (exact) mass is 497 g/mol. The minimum atomic E-state index is -0.632. The summed E-state index contributed by atoms with van der Waals surface area (Å²) in [6.07, 6.45) is 2.96. The van der Waals surface area contributed by atoms with Crippen LogP contribution in [-0.4, -0.2) is 33.6 Å². The van der Waals surface area contributed by atoms with Crippen LogP contribution < -0.4 is 30.7 Å². The molecule has 35 heavy (non-hydrogen) atoms. The van der Waals surface area contributed by atoms with Gasteiger partial charge in [0.05, 0.1) is 12.1 Å². The third-order valence-corrected chi connectivity index (χ3v) is 6.87. The molecule has 2 amide bonds. The average Bonchev–Trinajstić information content (AvgIpc) is 3.34. The standard InChI is InChI=1S/C25H31N5O4S/c1-5-30-22(33)20(14-27-15-8-6-9-16(12-15)28-24(34)25(2,3)4)35-23(30)17(13-26)21(32)29-18-10-7-11-19(18)31/h6,8-9,12,14,18-19,27,31H,5,7,10-11H2,1-4H3,(H,28,34)(H,29,32)/b20-14+,23-17-/t18-,19-/m0/s1. The summed E-state index contributed by atoms with van der Waals surface area (Å²) in [6.45, 7) is 7.54. The number of rotatable bonds is 6. The van der Waals surface area contributed by atoms with E-state index < -0.39 is 23.5 Å². The SMILES string of the molecule is CCn1c(=O)/c(=C\Nc2cccc(NC(=O)C(C)(C)C)c2)s/c1=C(/C#N)C(=O)N[C@H]1CCC[C@@H]1O. The van der Waals surface area contributed by atoms with Crippen molar-refractivity contribution in [3.63, 3.8) is 0 Å². The first-order valence-corrected chi connectivity index (χ1v) is 12.4. The van der Waals surface area contributed by atoms with Crippen LogP contribution in [0.1, 0.15) is 47.0 Å². The van der Waals surface area contributed by atoms with E-state index in [0.29, 0.717) is 28.7 Å². The molecule has 0 unspecified atom stereocenters. The van der Waals surface area contributed by atoms with Gasteiger partial charge in [-0.3, -0.25) is 19.0 Å². The number of nitriles is 1. The van der Waals surface area contributed by atoms with Crippen LogP contribution in [0.15, 0.2) is 29.1 Å². The maximum absolute atomic E-state index is 13.0. The predicted octanol–water partition coefficient (Wildman–Crippen LogP) is 1.47. The van der Waals surface area contributed by atoms with Crippen molar-refractivity contribution in [1.29, 1.82) is 5.26 Å². The summed E-state index contributed by atoms with van der Waals surface area (Å²) in [6, 6.07) is 8.63. The molecule has 1 aromatic heterocycles. The first-order valence-electron chi connectivity index (χ1n) is 11.6.